The molecule has 5 rings (SSSR count). The molecule has 0 aliphatic carbocycles. The predicted molar refractivity (Wildman–Crippen MR) is 123 cm³/mol. The quantitative estimate of drug-likeness (QED) is 0.401. The number of aryl methyl sites for hydroxylation is 2. The van der Waals surface area contributed by atoms with Crippen molar-refractivity contribution in [2.24, 2.45) is 0 Å². The highest BCUT2D eigenvalue weighted by Gasteiger charge is 2.24. The second-order valence-corrected chi connectivity index (χ2v) is 8.36. The number of carbonyl (C=O) groups is 1. The van der Waals surface area contributed by atoms with Crippen LogP contribution in [0.2, 0.25) is 0 Å². The normalized spacial score (nSPS) is 11.2. The third-order valence-electron chi connectivity index (χ3n) is 5.00. The number of pyridine rings is 1. The Morgan fingerprint density at radius 2 is 1.74 bits per heavy atom. The summed E-state index contributed by atoms with van der Waals surface area (Å²) in [5.74, 6) is -0.252. The van der Waals surface area contributed by atoms with Gasteiger partial charge in [-0.3, -0.25) is 19.7 Å². The van der Waals surface area contributed by atoms with Crippen LogP contribution in [0.1, 0.15) is 27.3 Å². The van der Waals surface area contributed by atoms with Crippen molar-refractivity contribution in [3.63, 3.8) is 0 Å². The molecule has 0 N–H and O–H groups in total. The number of anilines is 1. The van der Waals surface area contributed by atoms with E-state index in [2.05, 4.69) is 27.9 Å². The predicted octanol–water partition coefficient (Wildman–Crippen LogP) is 5.10. The van der Waals surface area contributed by atoms with Gasteiger partial charge in [0.15, 0.2) is 5.13 Å². The van der Waals surface area contributed by atoms with E-state index in [0.29, 0.717) is 17.2 Å². The smallest absolute Gasteiger partial charge is 0.276 e. The van der Waals surface area contributed by atoms with Crippen LogP contribution in [0.3, 0.4) is 0 Å². The minimum atomic E-state index is -0.252. The third kappa shape index (κ3) is 3.75. The average Bonchev–Trinajstić information content (AvgIpc) is 3.21. The second-order valence-electron chi connectivity index (χ2n) is 7.38. The largest absolute Gasteiger partial charge is 0.280 e. The molecule has 0 fully saturated rings. The fraction of sp³-hybridized carbons (Fsp3) is 0.125. The van der Waals surface area contributed by atoms with Gasteiger partial charge in [-0.2, -0.15) is 0 Å². The standard InChI is InChI=1S/C24H19N5OS/c1-15-11-16(2)22-20(12-15)28-24(31-22)29(14-17-7-5-6-10-25-17)23(30)21-13-26-18-8-3-4-9-19(18)27-21/h3-13H,14H2,1-2H3. The first-order chi connectivity index (χ1) is 15.1. The van der Waals surface area contributed by atoms with Crippen LogP contribution in [-0.4, -0.2) is 25.8 Å². The van der Waals surface area contributed by atoms with Crippen molar-refractivity contribution in [2.45, 2.75) is 20.4 Å². The Labute approximate surface area is 183 Å². The fourth-order valence-electron chi connectivity index (χ4n) is 3.56. The molecule has 0 aliphatic rings. The van der Waals surface area contributed by atoms with E-state index in [4.69, 9.17) is 4.98 Å². The first-order valence-electron chi connectivity index (χ1n) is 9.90. The number of nitrogens with zero attached hydrogens (tertiary/aromatic N) is 5. The summed E-state index contributed by atoms with van der Waals surface area (Å²) < 4.78 is 1.07. The number of aromatic nitrogens is 4. The van der Waals surface area contributed by atoms with Crippen LogP contribution in [0.15, 0.2) is 67.0 Å². The number of fused-ring (bicyclic) bond motifs is 2. The molecule has 0 bridgehead atoms. The summed E-state index contributed by atoms with van der Waals surface area (Å²) >= 11 is 1.50. The monoisotopic (exact) mass is 425 g/mol. The Bertz CT molecular complexity index is 1410. The van der Waals surface area contributed by atoms with E-state index in [0.717, 1.165) is 32.6 Å². The minimum absolute atomic E-state index is 0.252. The molecule has 0 atom stereocenters. The minimum Gasteiger partial charge on any atom is -0.276 e. The molecule has 6 nitrogen and oxygen atoms in total. The summed E-state index contributed by atoms with van der Waals surface area (Å²) in [7, 11) is 0. The van der Waals surface area contributed by atoms with E-state index in [9.17, 15) is 4.79 Å². The van der Waals surface area contributed by atoms with Crippen molar-refractivity contribution in [2.75, 3.05) is 4.90 Å². The van der Waals surface area contributed by atoms with Crippen LogP contribution in [0.25, 0.3) is 21.3 Å². The molecule has 0 aliphatic heterocycles. The number of amides is 1. The van der Waals surface area contributed by atoms with Crippen LogP contribution < -0.4 is 4.90 Å². The van der Waals surface area contributed by atoms with Crippen LogP contribution in [0.4, 0.5) is 5.13 Å². The molecule has 0 unspecified atom stereocenters. The molecule has 0 radical (unpaired) electrons. The topological polar surface area (TPSA) is 71.9 Å². The van der Waals surface area contributed by atoms with Crippen molar-refractivity contribution in [3.8, 4) is 0 Å². The maximum Gasteiger partial charge on any atom is 0.280 e. The molecule has 5 aromatic rings. The van der Waals surface area contributed by atoms with Crippen molar-refractivity contribution < 1.29 is 4.79 Å². The van der Waals surface area contributed by atoms with E-state index in [1.165, 1.54) is 17.5 Å². The zero-order chi connectivity index (χ0) is 21.4. The molecule has 0 spiro atoms. The van der Waals surface area contributed by atoms with Gasteiger partial charge in [-0.25, -0.2) is 9.97 Å². The van der Waals surface area contributed by atoms with E-state index in [-0.39, 0.29) is 11.6 Å². The van der Waals surface area contributed by atoms with Crippen LogP contribution in [-0.2, 0) is 6.54 Å². The van der Waals surface area contributed by atoms with Crippen LogP contribution in [0, 0.1) is 13.8 Å². The molecular weight excluding hydrogens is 406 g/mol. The van der Waals surface area contributed by atoms with Gasteiger partial charge >= 0.3 is 0 Å². The van der Waals surface area contributed by atoms with Gasteiger partial charge in [0, 0.05) is 6.20 Å². The lowest BCUT2D eigenvalue weighted by Crippen LogP contribution is -2.31. The first kappa shape index (κ1) is 19.3. The van der Waals surface area contributed by atoms with Gasteiger partial charge < -0.3 is 0 Å². The molecule has 0 saturated heterocycles. The molecule has 0 saturated carbocycles. The lowest BCUT2D eigenvalue weighted by molar-refractivity contribution is 0.0980. The molecular formula is C24H19N5OS. The van der Waals surface area contributed by atoms with Crippen LogP contribution >= 0.6 is 11.3 Å². The first-order valence-corrected chi connectivity index (χ1v) is 10.7. The summed E-state index contributed by atoms with van der Waals surface area (Å²) in [5, 5.41) is 0.620. The van der Waals surface area contributed by atoms with Gasteiger partial charge in [0.05, 0.1) is 39.7 Å². The van der Waals surface area contributed by atoms with Gasteiger partial charge in [0.2, 0.25) is 0 Å². The summed E-state index contributed by atoms with van der Waals surface area (Å²) in [6, 6.07) is 17.3. The number of para-hydroxylation sites is 2. The molecule has 3 aromatic heterocycles. The summed E-state index contributed by atoms with van der Waals surface area (Å²) in [4.78, 5) is 33.4. The van der Waals surface area contributed by atoms with Crippen molar-refractivity contribution >= 4 is 43.6 Å². The highest BCUT2D eigenvalue weighted by Crippen LogP contribution is 2.33. The third-order valence-corrected chi connectivity index (χ3v) is 6.23. The van der Waals surface area contributed by atoms with E-state index < -0.39 is 0 Å². The summed E-state index contributed by atoms with van der Waals surface area (Å²) in [6.07, 6.45) is 3.25. The molecule has 7 heteroatoms. The Balaban J connectivity index is 1.61. The van der Waals surface area contributed by atoms with Gasteiger partial charge in [-0.1, -0.05) is 35.6 Å². The maximum absolute atomic E-state index is 13.6. The summed E-state index contributed by atoms with van der Waals surface area (Å²) in [6.45, 7) is 4.41. The van der Waals surface area contributed by atoms with Crippen molar-refractivity contribution in [3.05, 3.63) is 89.5 Å². The average molecular weight is 426 g/mol. The SMILES string of the molecule is Cc1cc(C)c2sc(N(Cc3ccccn3)C(=O)c3cnc4ccccc4n3)nc2c1. The van der Waals surface area contributed by atoms with E-state index in [1.54, 1.807) is 11.1 Å². The molecule has 31 heavy (non-hydrogen) atoms. The van der Waals surface area contributed by atoms with E-state index >= 15 is 0 Å². The van der Waals surface area contributed by atoms with Gasteiger partial charge in [0.25, 0.3) is 5.91 Å². The number of thiazole rings is 1. The Morgan fingerprint density at radius 3 is 2.55 bits per heavy atom. The number of rotatable bonds is 4. The number of hydrogen-bond donors (Lipinski definition) is 0. The highest BCUT2D eigenvalue weighted by atomic mass is 32.1. The Hall–Kier alpha value is -3.71. The van der Waals surface area contributed by atoms with E-state index in [1.807, 2.05) is 55.5 Å². The second kappa shape index (κ2) is 7.85. The van der Waals surface area contributed by atoms with Crippen molar-refractivity contribution in [1.29, 1.82) is 0 Å². The summed E-state index contributed by atoms with van der Waals surface area (Å²) in [5.41, 5.74) is 5.67. The number of hydrogen-bond acceptors (Lipinski definition) is 6. The molecule has 3 heterocycles. The Morgan fingerprint density at radius 1 is 0.935 bits per heavy atom. The molecule has 152 valence electrons. The number of carbonyl (C=O) groups excluding carboxylic acids is 1. The zero-order valence-electron chi connectivity index (χ0n) is 17.1. The highest BCUT2D eigenvalue weighted by molar-refractivity contribution is 7.22. The molecule has 1 amide bonds. The fourth-order valence-corrected chi connectivity index (χ4v) is 4.57. The van der Waals surface area contributed by atoms with Gasteiger partial charge in [-0.15, -0.1) is 0 Å². The van der Waals surface area contributed by atoms with Gasteiger partial charge in [-0.05, 0) is 55.3 Å². The zero-order valence-corrected chi connectivity index (χ0v) is 17.9. The van der Waals surface area contributed by atoms with Crippen molar-refractivity contribution in [1.82, 2.24) is 19.9 Å². The lowest BCUT2D eigenvalue weighted by Gasteiger charge is -2.19. The maximum atomic E-state index is 13.6. The molecule has 2 aromatic carbocycles. The Kier molecular flexibility index (Phi) is 4.88. The van der Waals surface area contributed by atoms with Crippen LogP contribution in [0.5, 0.6) is 0 Å². The van der Waals surface area contributed by atoms with Gasteiger partial charge in [0.1, 0.15) is 5.69 Å². The number of benzene rings is 2. The lowest BCUT2D eigenvalue weighted by atomic mass is 10.1.